The van der Waals surface area contributed by atoms with Gasteiger partial charge in [-0.1, -0.05) is 30.3 Å². The highest BCUT2D eigenvalue weighted by Gasteiger charge is 2.17. The van der Waals surface area contributed by atoms with Gasteiger partial charge in [0.25, 0.3) is 5.91 Å². The number of carbonyl (C=O) groups is 1. The largest absolute Gasteiger partial charge is 0.454 e. The molecule has 1 amide bonds. The Balaban J connectivity index is 1.21. The van der Waals surface area contributed by atoms with Crippen molar-refractivity contribution < 1.29 is 14.3 Å². The third-order valence-electron chi connectivity index (χ3n) is 5.97. The Kier molecular flexibility index (Phi) is 5.42. The highest BCUT2D eigenvalue weighted by atomic mass is 16.7. The van der Waals surface area contributed by atoms with E-state index < -0.39 is 0 Å². The monoisotopic (exact) mass is 478 g/mol. The minimum Gasteiger partial charge on any atom is -0.454 e. The maximum Gasteiger partial charge on any atom is 0.255 e. The molecule has 1 atom stereocenters. The molecule has 9 nitrogen and oxygen atoms in total. The van der Waals surface area contributed by atoms with Crippen molar-refractivity contribution in [1.82, 2.24) is 19.5 Å². The third kappa shape index (κ3) is 4.18. The van der Waals surface area contributed by atoms with E-state index in [0.717, 1.165) is 16.6 Å². The van der Waals surface area contributed by atoms with E-state index in [1.807, 2.05) is 47.0 Å². The van der Waals surface area contributed by atoms with Crippen molar-refractivity contribution in [3.63, 3.8) is 0 Å². The zero-order chi connectivity index (χ0) is 24.5. The molecular weight excluding hydrogens is 456 g/mol. The molecular formula is C27H22N6O3. The predicted molar refractivity (Wildman–Crippen MR) is 136 cm³/mol. The van der Waals surface area contributed by atoms with E-state index in [-0.39, 0.29) is 18.7 Å². The van der Waals surface area contributed by atoms with Crippen LogP contribution in [0.4, 0.5) is 11.6 Å². The summed E-state index contributed by atoms with van der Waals surface area (Å²) >= 11 is 0. The molecule has 0 aliphatic carbocycles. The van der Waals surface area contributed by atoms with Crippen LogP contribution in [0.1, 0.15) is 28.9 Å². The van der Waals surface area contributed by atoms with E-state index >= 15 is 0 Å². The second kappa shape index (κ2) is 9.03. The highest BCUT2D eigenvalue weighted by molar-refractivity contribution is 6.05. The van der Waals surface area contributed by atoms with Crippen LogP contribution in [0.3, 0.4) is 0 Å². The summed E-state index contributed by atoms with van der Waals surface area (Å²) in [5.41, 5.74) is 3.85. The van der Waals surface area contributed by atoms with Crippen molar-refractivity contribution >= 4 is 28.6 Å². The van der Waals surface area contributed by atoms with Gasteiger partial charge in [0.1, 0.15) is 12.1 Å². The van der Waals surface area contributed by atoms with Gasteiger partial charge in [-0.2, -0.15) is 4.98 Å². The van der Waals surface area contributed by atoms with E-state index in [9.17, 15) is 4.79 Å². The van der Waals surface area contributed by atoms with Crippen molar-refractivity contribution in [2.24, 2.45) is 0 Å². The molecule has 6 rings (SSSR count). The standard InChI is InChI=1S/C27H22N6O3/c1-17(18-5-3-2-4-6-18)30-27-28-12-11-25(32-27)33-15-29-21-14-20(8-9-22(21)33)31-26(34)19-7-10-23-24(13-19)36-16-35-23/h2-15,17H,16H2,1H3,(H,31,34)(H,28,30,32). The fraction of sp³-hybridized carbons (Fsp3) is 0.111. The molecule has 0 spiro atoms. The molecule has 178 valence electrons. The molecule has 1 aliphatic rings. The lowest BCUT2D eigenvalue weighted by Gasteiger charge is -2.14. The molecule has 2 aromatic heterocycles. The summed E-state index contributed by atoms with van der Waals surface area (Å²) in [6.45, 7) is 2.23. The van der Waals surface area contributed by atoms with Crippen molar-refractivity contribution in [2.45, 2.75) is 13.0 Å². The summed E-state index contributed by atoms with van der Waals surface area (Å²) in [4.78, 5) is 26.3. The summed E-state index contributed by atoms with van der Waals surface area (Å²) in [5, 5.41) is 6.27. The van der Waals surface area contributed by atoms with E-state index in [4.69, 9.17) is 9.47 Å². The smallest absolute Gasteiger partial charge is 0.255 e. The Morgan fingerprint density at radius 3 is 2.72 bits per heavy atom. The number of hydrogen-bond donors (Lipinski definition) is 2. The predicted octanol–water partition coefficient (Wildman–Crippen LogP) is 4.97. The molecule has 1 unspecified atom stereocenters. The first-order valence-corrected chi connectivity index (χ1v) is 11.5. The van der Waals surface area contributed by atoms with Crippen molar-refractivity contribution in [3.8, 4) is 17.3 Å². The average Bonchev–Trinajstić information content (AvgIpc) is 3.55. The van der Waals surface area contributed by atoms with Crippen LogP contribution in [-0.2, 0) is 0 Å². The Bertz CT molecular complexity index is 1570. The number of rotatable bonds is 6. The lowest BCUT2D eigenvalue weighted by molar-refractivity contribution is 0.102. The molecule has 1 aliphatic heterocycles. The number of aromatic nitrogens is 4. The van der Waals surface area contributed by atoms with Crippen LogP contribution in [-0.4, -0.2) is 32.2 Å². The first kappa shape index (κ1) is 21.6. The minimum absolute atomic E-state index is 0.0527. The fourth-order valence-electron chi connectivity index (χ4n) is 4.09. The molecule has 2 N–H and O–H groups in total. The fourth-order valence-corrected chi connectivity index (χ4v) is 4.09. The van der Waals surface area contributed by atoms with Crippen LogP contribution in [0.2, 0.25) is 0 Å². The van der Waals surface area contributed by atoms with Gasteiger partial charge in [-0.25, -0.2) is 9.97 Å². The number of anilines is 2. The molecule has 0 fully saturated rings. The van der Waals surface area contributed by atoms with Gasteiger partial charge in [0, 0.05) is 17.4 Å². The molecule has 3 aromatic carbocycles. The third-order valence-corrected chi connectivity index (χ3v) is 5.97. The van der Waals surface area contributed by atoms with E-state index in [2.05, 4.69) is 44.6 Å². The lowest BCUT2D eigenvalue weighted by atomic mass is 10.1. The molecule has 0 saturated heterocycles. The Morgan fingerprint density at radius 1 is 0.972 bits per heavy atom. The van der Waals surface area contributed by atoms with E-state index in [0.29, 0.717) is 34.5 Å². The maximum atomic E-state index is 12.7. The summed E-state index contributed by atoms with van der Waals surface area (Å²) in [7, 11) is 0. The van der Waals surface area contributed by atoms with E-state index in [1.165, 1.54) is 0 Å². The second-order valence-corrected chi connectivity index (χ2v) is 8.36. The average molecular weight is 479 g/mol. The molecule has 0 radical (unpaired) electrons. The maximum absolute atomic E-state index is 12.7. The van der Waals surface area contributed by atoms with Crippen molar-refractivity contribution in [2.75, 3.05) is 17.4 Å². The number of fused-ring (bicyclic) bond motifs is 2. The first-order valence-electron chi connectivity index (χ1n) is 11.5. The van der Waals surface area contributed by atoms with Crippen LogP contribution >= 0.6 is 0 Å². The van der Waals surface area contributed by atoms with Gasteiger partial charge in [-0.3, -0.25) is 9.36 Å². The van der Waals surface area contributed by atoms with Gasteiger partial charge < -0.3 is 20.1 Å². The number of hydrogen-bond acceptors (Lipinski definition) is 7. The highest BCUT2D eigenvalue weighted by Crippen LogP contribution is 2.32. The first-order chi connectivity index (χ1) is 17.6. The number of nitrogens with one attached hydrogen (secondary N) is 2. The molecule has 5 aromatic rings. The number of amides is 1. The van der Waals surface area contributed by atoms with Gasteiger partial charge in [0.15, 0.2) is 11.5 Å². The summed E-state index contributed by atoms with van der Waals surface area (Å²) < 4.78 is 12.6. The second-order valence-electron chi connectivity index (χ2n) is 8.36. The summed E-state index contributed by atoms with van der Waals surface area (Å²) in [6, 6.07) is 22.7. The molecule has 0 saturated carbocycles. The number of ether oxygens (including phenoxy) is 2. The Morgan fingerprint density at radius 2 is 1.83 bits per heavy atom. The van der Waals surface area contributed by atoms with Crippen LogP contribution in [0.15, 0.2) is 85.3 Å². The van der Waals surface area contributed by atoms with Crippen molar-refractivity contribution in [1.29, 1.82) is 0 Å². The number of benzene rings is 3. The Hall–Kier alpha value is -4.92. The lowest BCUT2D eigenvalue weighted by Crippen LogP contribution is -2.11. The van der Waals surface area contributed by atoms with Crippen LogP contribution < -0.4 is 20.1 Å². The summed E-state index contributed by atoms with van der Waals surface area (Å²) in [6.07, 6.45) is 3.43. The Labute approximate surface area is 206 Å². The van der Waals surface area contributed by atoms with E-state index in [1.54, 1.807) is 30.7 Å². The zero-order valence-electron chi connectivity index (χ0n) is 19.4. The molecule has 9 heteroatoms. The normalized spacial score (nSPS) is 12.9. The minimum atomic E-state index is -0.244. The molecule has 0 bridgehead atoms. The van der Waals surface area contributed by atoms with Gasteiger partial charge in [0.2, 0.25) is 12.7 Å². The van der Waals surface area contributed by atoms with Gasteiger partial charge in [-0.05, 0) is 55.0 Å². The molecule has 36 heavy (non-hydrogen) atoms. The van der Waals surface area contributed by atoms with Gasteiger partial charge in [0.05, 0.1) is 17.1 Å². The van der Waals surface area contributed by atoms with Crippen LogP contribution in [0.5, 0.6) is 11.5 Å². The van der Waals surface area contributed by atoms with Crippen LogP contribution in [0, 0.1) is 0 Å². The van der Waals surface area contributed by atoms with Crippen LogP contribution in [0.25, 0.3) is 16.9 Å². The zero-order valence-corrected chi connectivity index (χ0v) is 19.4. The van der Waals surface area contributed by atoms with Gasteiger partial charge in [-0.15, -0.1) is 0 Å². The topological polar surface area (TPSA) is 103 Å². The molecule has 3 heterocycles. The number of nitrogens with zero attached hydrogens (tertiary/aromatic N) is 4. The SMILES string of the molecule is CC(Nc1nccc(-n2cnc3cc(NC(=O)c4ccc5c(c4)OCO5)ccc32)n1)c1ccccc1. The quantitative estimate of drug-likeness (QED) is 0.355. The number of carbonyl (C=O) groups excluding carboxylic acids is 1. The number of imidazole rings is 1. The summed E-state index contributed by atoms with van der Waals surface area (Å²) in [5.74, 6) is 2.17. The van der Waals surface area contributed by atoms with Crippen molar-refractivity contribution in [3.05, 3.63) is 96.4 Å². The van der Waals surface area contributed by atoms with Gasteiger partial charge >= 0.3 is 0 Å².